The van der Waals surface area contributed by atoms with E-state index >= 15 is 0 Å². The minimum absolute atomic E-state index is 0.129. The van der Waals surface area contributed by atoms with Gasteiger partial charge >= 0.3 is 0 Å². The zero-order chi connectivity index (χ0) is 19.2. The number of hydrogen-bond acceptors (Lipinski definition) is 5. The Hall–Kier alpha value is -1.18. The molecule has 2 aliphatic heterocycles. The van der Waals surface area contributed by atoms with Crippen molar-refractivity contribution < 1.29 is 14.3 Å². The monoisotopic (exact) mass is 380 g/mol. The first-order valence-corrected chi connectivity index (χ1v) is 10.7. The summed E-state index contributed by atoms with van der Waals surface area (Å²) in [5.74, 6) is 0.913. The molecule has 2 saturated heterocycles. The summed E-state index contributed by atoms with van der Waals surface area (Å²) in [6, 6.07) is 0.195. The molecule has 0 aromatic heterocycles. The lowest BCUT2D eigenvalue weighted by Crippen LogP contribution is -2.57. The third-order valence-corrected chi connectivity index (χ3v) is 6.50. The zero-order valence-electron chi connectivity index (χ0n) is 17.0. The van der Waals surface area contributed by atoms with E-state index < -0.39 is 0 Å². The fraction of sp³-hybridized carbons (Fsp3) is 0.900. The van der Waals surface area contributed by atoms with Crippen LogP contribution in [0, 0.1) is 5.92 Å². The fourth-order valence-electron chi connectivity index (χ4n) is 4.41. The molecule has 3 fully saturated rings. The smallest absolute Gasteiger partial charge is 0.237 e. The number of amides is 2. The number of hydrogen-bond donors (Lipinski definition) is 1. The van der Waals surface area contributed by atoms with Gasteiger partial charge in [0, 0.05) is 45.3 Å². The van der Waals surface area contributed by atoms with Crippen molar-refractivity contribution in [3.05, 3.63) is 0 Å². The van der Waals surface area contributed by atoms with Gasteiger partial charge in [0.1, 0.15) is 0 Å². The van der Waals surface area contributed by atoms with Crippen molar-refractivity contribution in [1.82, 2.24) is 20.0 Å². The number of carbonyl (C=O) groups excluding carboxylic acids is 2. The summed E-state index contributed by atoms with van der Waals surface area (Å²) in [4.78, 5) is 31.5. The maximum Gasteiger partial charge on any atom is 0.237 e. The molecule has 1 aliphatic carbocycles. The van der Waals surface area contributed by atoms with Crippen LogP contribution in [0.2, 0.25) is 0 Å². The molecule has 0 aromatic carbocycles. The van der Waals surface area contributed by atoms with Crippen molar-refractivity contribution in [3.8, 4) is 0 Å². The number of ether oxygens (including phenoxy) is 1. The van der Waals surface area contributed by atoms with Gasteiger partial charge in [-0.25, -0.2) is 0 Å². The molecule has 27 heavy (non-hydrogen) atoms. The second-order valence-electron chi connectivity index (χ2n) is 8.36. The molecule has 0 spiro atoms. The van der Waals surface area contributed by atoms with Crippen LogP contribution in [0.15, 0.2) is 0 Å². The van der Waals surface area contributed by atoms with Crippen LogP contribution in [-0.4, -0.2) is 97.6 Å². The molecule has 3 aliphatic rings. The Morgan fingerprint density at radius 1 is 1.04 bits per heavy atom. The van der Waals surface area contributed by atoms with Crippen LogP contribution in [0.3, 0.4) is 0 Å². The molecule has 7 heteroatoms. The molecule has 3 atom stereocenters. The lowest BCUT2D eigenvalue weighted by Gasteiger charge is -2.39. The number of carbonyl (C=O) groups is 2. The zero-order valence-corrected chi connectivity index (χ0v) is 17.0. The van der Waals surface area contributed by atoms with Crippen LogP contribution in [-0.2, 0) is 14.3 Å². The van der Waals surface area contributed by atoms with E-state index in [1.54, 1.807) is 0 Å². The molecule has 154 valence electrons. The lowest BCUT2D eigenvalue weighted by atomic mass is 9.86. The first-order valence-electron chi connectivity index (χ1n) is 10.7. The quantitative estimate of drug-likeness (QED) is 0.754. The average molecular weight is 381 g/mol. The summed E-state index contributed by atoms with van der Waals surface area (Å²) in [6.45, 7) is 10.8. The second kappa shape index (κ2) is 9.85. The molecule has 0 aromatic rings. The van der Waals surface area contributed by atoms with Crippen LogP contribution in [0.5, 0.6) is 0 Å². The Labute approximate surface area is 163 Å². The minimum atomic E-state index is -0.129. The highest BCUT2D eigenvalue weighted by atomic mass is 16.5. The molecule has 3 rings (SSSR count). The van der Waals surface area contributed by atoms with Gasteiger partial charge in [-0.3, -0.25) is 19.4 Å². The third kappa shape index (κ3) is 5.65. The number of morpholine rings is 1. The van der Waals surface area contributed by atoms with Crippen molar-refractivity contribution >= 4 is 11.8 Å². The first kappa shape index (κ1) is 20.6. The van der Waals surface area contributed by atoms with Gasteiger partial charge in [-0.05, 0) is 25.7 Å². The largest absolute Gasteiger partial charge is 0.379 e. The van der Waals surface area contributed by atoms with Crippen LogP contribution in [0.1, 0.15) is 39.5 Å². The molecule has 2 heterocycles. The number of nitrogens with zero attached hydrogens (tertiary/aromatic N) is 3. The molecule has 7 nitrogen and oxygen atoms in total. The van der Waals surface area contributed by atoms with E-state index in [1.807, 2.05) is 11.8 Å². The molecule has 3 unspecified atom stereocenters. The van der Waals surface area contributed by atoms with E-state index in [1.165, 1.54) is 19.3 Å². The van der Waals surface area contributed by atoms with Crippen molar-refractivity contribution in [1.29, 1.82) is 0 Å². The van der Waals surface area contributed by atoms with Gasteiger partial charge in [-0.15, -0.1) is 0 Å². The van der Waals surface area contributed by atoms with Gasteiger partial charge in [0.2, 0.25) is 11.8 Å². The highest BCUT2D eigenvalue weighted by Gasteiger charge is 2.30. The van der Waals surface area contributed by atoms with Crippen molar-refractivity contribution in [2.45, 2.75) is 51.6 Å². The maximum atomic E-state index is 12.7. The van der Waals surface area contributed by atoms with E-state index in [9.17, 15) is 9.59 Å². The van der Waals surface area contributed by atoms with Gasteiger partial charge in [0.15, 0.2) is 0 Å². The molecular weight excluding hydrogens is 344 g/mol. The normalized spacial score (nSPS) is 29.3. The number of piperazine rings is 1. The van der Waals surface area contributed by atoms with E-state index in [4.69, 9.17) is 4.74 Å². The first-order chi connectivity index (χ1) is 13.0. The van der Waals surface area contributed by atoms with Gasteiger partial charge in [-0.2, -0.15) is 0 Å². The molecule has 1 N–H and O–H groups in total. The van der Waals surface area contributed by atoms with Gasteiger partial charge < -0.3 is 15.0 Å². The van der Waals surface area contributed by atoms with E-state index in [0.29, 0.717) is 44.8 Å². The standard InChI is InChI=1S/C20H36N4O3/c1-16-5-3-4-6-18(16)21-20(26)17(2)23-7-9-24(10-8-23)19(25)15-22-11-13-27-14-12-22/h16-18H,3-15H2,1-2H3,(H,21,26). The predicted molar refractivity (Wildman–Crippen MR) is 104 cm³/mol. The van der Waals surface area contributed by atoms with Crippen molar-refractivity contribution in [2.24, 2.45) is 5.92 Å². The van der Waals surface area contributed by atoms with E-state index in [-0.39, 0.29) is 17.9 Å². The maximum absolute atomic E-state index is 12.7. The Morgan fingerprint density at radius 2 is 1.70 bits per heavy atom. The highest BCUT2D eigenvalue weighted by molar-refractivity contribution is 5.82. The molecule has 0 radical (unpaired) electrons. The molecular formula is C20H36N4O3. The van der Waals surface area contributed by atoms with Crippen LogP contribution in [0.4, 0.5) is 0 Å². The van der Waals surface area contributed by atoms with E-state index in [2.05, 4.69) is 22.0 Å². The van der Waals surface area contributed by atoms with Gasteiger partial charge in [-0.1, -0.05) is 19.8 Å². The topological polar surface area (TPSA) is 65.1 Å². The summed E-state index contributed by atoms with van der Waals surface area (Å²) in [7, 11) is 0. The molecule has 2 amide bonds. The minimum Gasteiger partial charge on any atom is -0.379 e. The van der Waals surface area contributed by atoms with Crippen molar-refractivity contribution in [2.75, 3.05) is 59.0 Å². The molecule has 1 saturated carbocycles. The lowest BCUT2D eigenvalue weighted by molar-refractivity contribution is -0.136. The predicted octanol–water partition coefficient (Wildman–Crippen LogP) is 0.546. The Balaban J connectivity index is 1.41. The number of nitrogens with one attached hydrogen (secondary N) is 1. The Bertz CT molecular complexity index is 501. The summed E-state index contributed by atoms with van der Waals surface area (Å²) in [6.07, 6.45) is 4.81. The summed E-state index contributed by atoms with van der Waals surface area (Å²) in [5.41, 5.74) is 0. The van der Waals surface area contributed by atoms with Crippen LogP contribution >= 0.6 is 0 Å². The van der Waals surface area contributed by atoms with Gasteiger partial charge in [0.05, 0.1) is 25.8 Å². The number of rotatable bonds is 5. The van der Waals surface area contributed by atoms with Crippen molar-refractivity contribution in [3.63, 3.8) is 0 Å². The fourth-order valence-corrected chi connectivity index (χ4v) is 4.41. The Kier molecular flexibility index (Phi) is 7.49. The highest BCUT2D eigenvalue weighted by Crippen LogP contribution is 2.24. The van der Waals surface area contributed by atoms with Crippen LogP contribution < -0.4 is 5.32 Å². The second-order valence-corrected chi connectivity index (χ2v) is 8.36. The molecule has 0 bridgehead atoms. The van der Waals surface area contributed by atoms with Gasteiger partial charge in [0.25, 0.3) is 0 Å². The summed E-state index contributed by atoms with van der Waals surface area (Å²) >= 11 is 0. The Morgan fingerprint density at radius 3 is 2.37 bits per heavy atom. The summed E-state index contributed by atoms with van der Waals surface area (Å²) in [5, 5.41) is 3.27. The van der Waals surface area contributed by atoms with Crippen LogP contribution in [0.25, 0.3) is 0 Å². The average Bonchev–Trinajstić information content (AvgIpc) is 2.70. The summed E-state index contributed by atoms with van der Waals surface area (Å²) < 4.78 is 5.34. The van der Waals surface area contributed by atoms with E-state index in [0.717, 1.165) is 32.6 Å². The third-order valence-electron chi connectivity index (χ3n) is 6.50. The SMILES string of the molecule is CC1CCCCC1NC(=O)C(C)N1CCN(C(=O)CN2CCOCC2)CC1.